The number of aldehydes is 1. The van der Waals surface area contributed by atoms with Crippen LogP contribution in [0.1, 0.15) is 101 Å². The lowest BCUT2D eigenvalue weighted by Gasteiger charge is -2.47. The van der Waals surface area contributed by atoms with E-state index in [0.29, 0.717) is 57.8 Å². The first-order valence-electron chi connectivity index (χ1n) is 14.6. The minimum atomic E-state index is -2.29. The first kappa shape index (κ1) is 34.9. The lowest BCUT2D eigenvalue weighted by molar-refractivity contribution is -0.109. The van der Waals surface area contributed by atoms with E-state index in [1.54, 1.807) is 14.2 Å². The van der Waals surface area contributed by atoms with Gasteiger partial charge in [-0.1, -0.05) is 89.2 Å². The predicted molar refractivity (Wildman–Crippen MR) is 166 cm³/mol. The average Bonchev–Trinajstić information content (AvgIpc) is 2.82. The Morgan fingerprint density at radius 3 is 1.50 bits per heavy atom. The Kier molecular flexibility index (Phi) is 13.8. The van der Waals surface area contributed by atoms with Gasteiger partial charge in [-0.15, -0.1) is 0 Å². The lowest BCUT2D eigenvalue weighted by Crippen LogP contribution is -2.51. The van der Waals surface area contributed by atoms with E-state index in [4.69, 9.17) is 18.3 Å². The molecule has 0 amide bonds. The maximum atomic E-state index is 12.1. The van der Waals surface area contributed by atoms with Gasteiger partial charge in [0.15, 0.2) is 19.8 Å². The lowest BCUT2D eigenvalue weighted by atomic mass is 9.94. The maximum absolute atomic E-state index is 12.1. The largest absolute Gasteiger partial charge is 0.493 e. The minimum Gasteiger partial charge on any atom is -0.493 e. The third kappa shape index (κ3) is 7.32. The zero-order valence-corrected chi connectivity index (χ0v) is 28.9. The zero-order chi connectivity index (χ0) is 29.4. The second kappa shape index (κ2) is 15.0. The second-order valence-electron chi connectivity index (χ2n) is 12.8. The van der Waals surface area contributed by atoms with Gasteiger partial charge in [-0.05, 0) is 50.9 Å². The normalized spacial score (nSPS) is 14.7. The molecule has 0 N–H and O–H groups in total. The molecule has 1 aromatic carbocycles. The highest BCUT2D eigenvalue weighted by molar-refractivity contribution is 6.78. The Morgan fingerprint density at radius 1 is 0.684 bits per heavy atom. The molecule has 0 saturated carbocycles. The van der Waals surface area contributed by atoms with Crippen molar-refractivity contribution in [2.75, 3.05) is 20.8 Å². The third-order valence-corrected chi connectivity index (χ3v) is 21.0. The Hall–Kier alpha value is -1.16. The summed E-state index contributed by atoms with van der Waals surface area (Å²) in [6, 6.07) is 6.05. The fraction of sp³-hybridized carbons (Fsp3) is 0.774. The van der Waals surface area contributed by atoms with Gasteiger partial charge in [-0.3, -0.25) is 0 Å². The van der Waals surface area contributed by atoms with Gasteiger partial charge in [0.1, 0.15) is 6.29 Å². The first-order valence-corrected chi connectivity index (χ1v) is 18.9. The van der Waals surface area contributed by atoms with Crippen LogP contribution in [0.4, 0.5) is 0 Å². The molecule has 0 aliphatic rings. The number of benzene rings is 1. The van der Waals surface area contributed by atoms with E-state index in [2.05, 4.69) is 89.2 Å². The van der Waals surface area contributed by atoms with Crippen LogP contribution in [-0.4, -0.2) is 43.7 Å². The van der Waals surface area contributed by atoms with Crippen molar-refractivity contribution in [3.8, 4) is 11.5 Å². The molecule has 0 heterocycles. The fourth-order valence-corrected chi connectivity index (χ4v) is 18.3. The van der Waals surface area contributed by atoms with Crippen LogP contribution in [0.25, 0.3) is 0 Å². The molecule has 0 aliphatic carbocycles. The molecule has 0 unspecified atom stereocenters. The number of rotatable bonds is 17. The van der Waals surface area contributed by atoms with E-state index in [1.165, 1.54) is 0 Å². The van der Waals surface area contributed by atoms with Crippen LogP contribution in [0, 0.1) is 5.92 Å². The van der Waals surface area contributed by atoms with Crippen LogP contribution in [-0.2, 0) is 13.6 Å². The van der Waals surface area contributed by atoms with Gasteiger partial charge in [-0.25, -0.2) is 0 Å². The third-order valence-electron chi connectivity index (χ3n) is 8.86. The van der Waals surface area contributed by atoms with Crippen molar-refractivity contribution in [1.29, 1.82) is 0 Å². The van der Waals surface area contributed by atoms with Crippen molar-refractivity contribution in [3.63, 3.8) is 0 Å². The van der Waals surface area contributed by atoms with Crippen molar-refractivity contribution >= 4 is 22.9 Å². The molecule has 5 nitrogen and oxygen atoms in total. The molecule has 0 saturated heterocycles. The van der Waals surface area contributed by atoms with E-state index >= 15 is 0 Å². The highest BCUT2D eigenvalue weighted by Gasteiger charge is 2.49. The van der Waals surface area contributed by atoms with Crippen LogP contribution < -0.4 is 9.47 Å². The molecule has 0 aromatic heterocycles. The van der Waals surface area contributed by atoms with Crippen molar-refractivity contribution in [3.05, 3.63) is 23.8 Å². The molecule has 0 spiro atoms. The van der Waals surface area contributed by atoms with E-state index < -0.39 is 16.6 Å². The number of methoxy groups -OCH3 is 2. The molecule has 0 bridgehead atoms. The summed E-state index contributed by atoms with van der Waals surface area (Å²) in [7, 11) is -1.11. The summed E-state index contributed by atoms with van der Waals surface area (Å²) in [5, 5.41) is 0. The van der Waals surface area contributed by atoms with Crippen molar-refractivity contribution in [2.24, 2.45) is 5.92 Å². The van der Waals surface area contributed by atoms with Crippen molar-refractivity contribution in [2.45, 2.75) is 129 Å². The van der Waals surface area contributed by atoms with E-state index in [9.17, 15) is 4.79 Å². The van der Waals surface area contributed by atoms with Crippen LogP contribution in [0.5, 0.6) is 11.5 Å². The average molecular weight is 567 g/mol. The van der Waals surface area contributed by atoms with Gasteiger partial charge in [0.25, 0.3) is 0 Å². The molecule has 0 radical (unpaired) electrons. The quantitative estimate of drug-likeness (QED) is 0.139. The summed E-state index contributed by atoms with van der Waals surface area (Å²) in [4.78, 5) is 12.1. The van der Waals surface area contributed by atoms with E-state index in [-0.39, 0.29) is 12.0 Å². The van der Waals surface area contributed by atoms with Gasteiger partial charge < -0.3 is 23.1 Å². The van der Waals surface area contributed by atoms with Gasteiger partial charge in [0.05, 0.1) is 20.3 Å². The van der Waals surface area contributed by atoms with Crippen LogP contribution in [0.3, 0.4) is 0 Å². The highest BCUT2D eigenvalue weighted by Crippen LogP contribution is 2.49. The molecular weight excluding hydrogens is 509 g/mol. The molecule has 38 heavy (non-hydrogen) atoms. The molecule has 1 aromatic rings. The van der Waals surface area contributed by atoms with Crippen LogP contribution in [0.15, 0.2) is 18.2 Å². The van der Waals surface area contributed by atoms with E-state index in [1.807, 2.05) is 12.1 Å². The Labute approximate surface area is 236 Å². The minimum absolute atomic E-state index is 0.100. The smallest absolute Gasteiger partial charge is 0.201 e. The van der Waals surface area contributed by atoms with Crippen LogP contribution in [0.2, 0.25) is 33.2 Å². The number of ether oxygens (including phenoxy) is 2. The van der Waals surface area contributed by atoms with E-state index in [0.717, 1.165) is 11.8 Å². The Morgan fingerprint density at radius 2 is 1.13 bits per heavy atom. The summed E-state index contributed by atoms with van der Waals surface area (Å²) in [6.07, 6.45) is 1.14. The van der Waals surface area contributed by atoms with Crippen molar-refractivity contribution < 1.29 is 23.1 Å². The summed E-state index contributed by atoms with van der Waals surface area (Å²) in [5.41, 5.74) is 3.67. The molecule has 2 atom stereocenters. The monoisotopic (exact) mass is 566 g/mol. The number of hydrogen-bond donors (Lipinski definition) is 0. The first-order chi connectivity index (χ1) is 17.7. The zero-order valence-electron chi connectivity index (χ0n) is 26.9. The number of carbonyl (C=O) groups excluding carboxylic acids is 1. The fourth-order valence-electron chi connectivity index (χ4n) is 7.25. The van der Waals surface area contributed by atoms with Gasteiger partial charge in [0.2, 0.25) is 8.32 Å². The van der Waals surface area contributed by atoms with Gasteiger partial charge >= 0.3 is 0 Å². The molecule has 7 heteroatoms. The molecule has 1 rings (SSSR count). The SMILES string of the molecule is COc1ccc([C@H](O[Si](C(C)C)(C(C)C)C(C)C)[C@H](CC=O)CO[Si](C(C)C)(C(C)C)C(C)C)cc1OC. The molecule has 0 aliphatic heterocycles. The number of carbonyl (C=O) groups is 1. The summed E-state index contributed by atoms with van der Waals surface area (Å²) >= 11 is 0. The summed E-state index contributed by atoms with van der Waals surface area (Å²) in [5.74, 6) is 1.26. The topological polar surface area (TPSA) is 54.0 Å². The molecular formula is C31H58O5Si2. The second-order valence-corrected chi connectivity index (χ2v) is 23.6. The summed E-state index contributed by atoms with van der Waals surface area (Å²) < 4.78 is 25.8. The Balaban J connectivity index is 3.77. The predicted octanol–water partition coefficient (Wildman–Crippen LogP) is 9.33. The van der Waals surface area contributed by atoms with Crippen molar-refractivity contribution in [1.82, 2.24) is 0 Å². The number of hydrogen-bond acceptors (Lipinski definition) is 5. The van der Waals surface area contributed by atoms with Gasteiger partial charge in [0, 0.05) is 18.9 Å². The standard InChI is InChI=1S/C31H58O5Si2/c1-21(2)37(22(3)4,23(5)6)35-20-28(17-18-32)31(27-15-16-29(33-13)30(19-27)34-14)36-38(24(7)8,25(9)10)26(11)12/h15-16,18-19,21-26,28,31H,17,20H2,1-14H3/t28-,31+/m1/s1. The molecule has 220 valence electrons. The van der Waals surface area contributed by atoms with Gasteiger partial charge in [-0.2, -0.15) is 0 Å². The maximum Gasteiger partial charge on any atom is 0.201 e. The Bertz CT molecular complexity index is 807. The van der Waals surface area contributed by atoms with Crippen LogP contribution >= 0.6 is 0 Å². The molecule has 0 fully saturated rings. The summed E-state index contributed by atoms with van der Waals surface area (Å²) in [6.45, 7) is 28.1. The highest BCUT2D eigenvalue weighted by atomic mass is 28.4.